The Labute approximate surface area is 134 Å². The van der Waals surface area contributed by atoms with Crippen LogP contribution in [0.5, 0.6) is 0 Å². The van der Waals surface area contributed by atoms with Crippen molar-refractivity contribution in [3.63, 3.8) is 0 Å². The lowest BCUT2D eigenvalue weighted by atomic mass is 10.2. The Bertz CT molecular complexity index is 454. The van der Waals surface area contributed by atoms with Gasteiger partial charge in [-0.1, -0.05) is 12.1 Å². The van der Waals surface area contributed by atoms with Crippen molar-refractivity contribution < 1.29 is 13.7 Å². The highest BCUT2D eigenvalue weighted by molar-refractivity contribution is 7.84. The molecule has 1 rings (SSSR count). The molecular formula is C14H23ClN2O3S. The molecule has 1 aromatic carbocycles. The maximum absolute atomic E-state index is 11.9. The van der Waals surface area contributed by atoms with E-state index >= 15 is 0 Å². The van der Waals surface area contributed by atoms with Crippen LogP contribution in [0, 0.1) is 0 Å². The lowest BCUT2D eigenvalue weighted by molar-refractivity contribution is -0.129. The van der Waals surface area contributed by atoms with Gasteiger partial charge < -0.3 is 15.0 Å². The van der Waals surface area contributed by atoms with Crippen molar-refractivity contribution >= 4 is 29.1 Å². The van der Waals surface area contributed by atoms with Crippen molar-refractivity contribution in [1.82, 2.24) is 10.2 Å². The number of nitrogens with zero attached hydrogens (tertiary/aromatic N) is 1. The molecule has 7 heteroatoms. The summed E-state index contributed by atoms with van der Waals surface area (Å²) >= 11 is 0. The first kappa shape index (κ1) is 20.1. The molecule has 5 nitrogen and oxygen atoms in total. The largest absolute Gasteiger partial charge is 0.383 e. The zero-order chi connectivity index (χ0) is 15.0. The molecule has 0 spiro atoms. The van der Waals surface area contributed by atoms with Crippen LogP contribution >= 0.6 is 12.4 Å². The molecule has 120 valence electrons. The maximum atomic E-state index is 11.9. The van der Waals surface area contributed by atoms with Crippen molar-refractivity contribution in [3.05, 3.63) is 29.8 Å². The summed E-state index contributed by atoms with van der Waals surface area (Å²) in [6.45, 7) is 2.10. The molecule has 0 saturated carbocycles. The number of nitrogens with one attached hydrogen (secondary N) is 1. The fourth-order valence-corrected chi connectivity index (χ4v) is 2.17. The highest BCUT2D eigenvalue weighted by Gasteiger charge is 2.08. The second kappa shape index (κ2) is 10.7. The number of likely N-dealkylation sites (N-methyl/N-ethyl adjacent to an activating group) is 1. The monoisotopic (exact) mass is 334 g/mol. The lowest BCUT2D eigenvalue weighted by Gasteiger charge is -2.17. The van der Waals surface area contributed by atoms with E-state index in [1.54, 1.807) is 25.3 Å². The number of hydrogen-bond acceptors (Lipinski definition) is 4. The van der Waals surface area contributed by atoms with E-state index in [0.29, 0.717) is 26.2 Å². The Kier molecular flexibility index (Phi) is 10.2. The highest BCUT2D eigenvalue weighted by Crippen LogP contribution is 2.09. The zero-order valence-corrected chi connectivity index (χ0v) is 14.3. The summed E-state index contributed by atoms with van der Waals surface area (Å²) in [5.41, 5.74) is 1.02. The fourth-order valence-electron chi connectivity index (χ4n) is 1.65. The second-order valence-corrected chi connectivity index (χ2v) is 5.90. The van der Waals surface area contributed by atoms with Crippen molar-refractivity contribution in [3.8, 4) is 0 Å². The molecule has 0 radical (unpaired) electrons. The van der Waals surface area contributed by atoms with Gasteiger partial charge in [-0.05, 0) is 17.7 Å². The van der Waals surface area contributed by atoms with Crippen LogP contribution in [0.2, 0.25) is 0 Å². The van der Waals surface area contributed by atoms with E-state index < -0.39 is 10.8 Å². The standard InChI is InChI=1S/C14H22N2O3S.ClH/c1-16(14(17)10-15-8-9-19-2)11-12-4-6-13(7-5-12)20(3)18;/h4-7,15H,8-11H2,1-3H3;1H. The molecule has 1 aromatic rings. The number of carbonyl (C=O) groups excluding carboxylic acids is 1. The van der Waals surface area contributed by atoms with Crippen LogP contribution in [0.15, 0.2) is 29.2 Å². The van der Waals surface area contributed by atoms with Crippen LogP contribution in [0.25, 0.3) is 0 Å². The first-order valence-corrected chi connectivity index (χ1v) is 7.96. The Morgan fingerprint density at radius 1 is 1.33 bits per heavy atom. The summed E-state index contributed by atoms with van der Waals surface area (Å²) in [6, 6.07) is 7.47. The number of halogens is 1. The number of carbonyl (C=O) groups is 1. The lowest BCUT2D eigenvalue weighted by Crippen LogP contribution is -2.36. The van der Waals surface area contributed by atoms with Gasteiger partial charge >= 0.3 is 0 Å². The summed E-state index contributed by atoms with van der Waals surface area (Å²) in [4.78, 5) is 14.3. The summed E-state index contributed by atoms with van der Waals surface area (Å²) < 4.78 is 16.2. The van der Waals surface area contributed by atoms with Gasteiger partial charge in [0.2, 0.25) is 5.91 Å². The van der Waals surface area contributed by atoms with E-state index in [4.69, 9.17) is 4.74 Å². The number of ether oxygens (including phenoxy) is 1. The first-order chi connectivity index (χ1) is 9.54. The second-order valence-electron chi connectivity index (χ2n) is 4.52. The van der Waals surface area contributed by atoms with Gasteiger partial charge in [-0.3, -0.25) is 9.00 Å². The van der Waals surface area contributed by atoms with Crippen molar-refractivity contribution in [2.45, 2.75) is 11.4 Å². The van der Waals surface area contributed by atoms with Crippen LogP contribution in [0.1, 0.15) is 5.56 Å². The molecular weight excluding hydrogens is 312 g/mol. The minimum atomic E-state index is -0.968. The van der Waals surface area contributed by atoms with E-state index in [2.05, 4.69) is 5.32 Å². The number of amides is 1. The van der Waals surface area contributed by atoms with E-state index in [9.17, 15) is 9.00 Å². The SMILES string of the molecule is COCCNCC(=O)N(C)Cc1ccc(S(C)=O)cc1.Cl. The van der Waals surface area contributed by atoms with Gasteiger partial charge in [-0.25, -0.2) is 0 Å². The van der Waals surface area contributed by atoms with Gasteiger partial charge in [0, 0.05) is 49.2 Å². The fraction of sp³-hybridized carbons (Fsp3) is 0.500. The van der Waals surface area contributed by atoms with Crippen molar-refractivity contribution in [2.24, 2.45) is 0 Å². The summed E-state index contributed by atoms with van der Waals surface area (Å²) in [5.74, 6) is 0.0317. The third-order valence-corrected chi connectivity index (χ3v) is 3.80. The van der Waals surface area contributed by atoms with E-state index in [-0.39, 0.29) is 18.3 Å². The Balaban J connectivity index is 0.00000400. The topological polar surface area (TPSA) is 58.6 Å². The smallest absolute Gasteiger partial charge is 0.236 e. The van der Waals surface area contributed by atoms with Gasteiger partial charge in [0.05, 0.1) is 13.2 Å². The van der Waals surface area contributed by atoms with Gasteiger partial charge in [0.15, 0.2) is 0 Å². The highest BCUT2D eigenvalue weighted by atomic mass is 35.5. The third-order valence-electron chi connectivity index (χ3n) is 2.86. The van der Waals surface area contributed by atoms with Gasteiger partial charge in [0.25, 0.3) is 0 Å². The molecule has 0 saturated heterocycles. The van der Waals surface area contributed by atoms with Gasteiger partial charge in [-0.2, -0.15) is 0 Å². The molecule has 0 aliphatic carbocycles. The predicted octanol–water partition coefficient (Wildman–Crippen LogP) is 1.04. The van der Waals surface area contributed by atoms with Crippen LogP contribution in [-0.4, -0.2) is 55.1 Å². The molecule has 0 aliphatic rings. The summed E-state index contributed by atoms with van der Waals surface area (Å²) in [7, 11) is 2.43. The minimum Gasteiger partial charge on any atom is -0.383 e. The average Bonchev–Trinajstić information content (AvgIpc) is 2.44. The van der Waals surface area contributed by atoms with Crippen molar-refractivity contribution in [1.29, 1.82) is 0 Å². The first-order valence-electron chi connectivity index (χ1n) is 6.40. The number of benzene rings is 1. The Hall–Kier alpha value is -0.950. The zero-order valence-electron chi connectivity index (χ0n) is 12.6. The van der Waals surface area contributed by atoms with Crippen LogP contribution in [-0.2, 0) is 26.9 Å². The van der Waals surface area contributed by atoms with Crippen LogP contribution in [0.4, 0.5) is 0 Å². The molecule has 0 aliphatic heterocycles. The minimum absolute atomic E-state index is 0. The number of rotatable bonds is 8. The van der Waals surface area contributed by atoms with Crippen LogP contribution < -0.4 is 5.32 Å². The van der Waals surface area contributed by atoms with E-state index in [1.165, 1.54) is 0 Å². The van der Waals surface area contributed by atoms with E-state index in [0.717, 1.165) is 10.5 Å². The average molecular weight is 335 g/mol. The number of hydrogen-bond donors (Lipinski definition) is 1. The molecule has 0 aromatic heterocycles. The third kappa shape index (κ3) is 7.57. The van der Waals surface area contributed by atoms with Gasteiger partial charge in [-0.15, -0.1) is 12.4 Å². The molecule has 0 fully saturated rings. The Morgan fingerprint density at radius 3 is 2.48 bits per heavy atom. The molecule has 1 unspecified atom stereocenters. The number of methoxy groups -OCH3 is 1. The normalized spacial score (nSPS) is 11.6. The Morgan fingerprint density at radius 2 is 1.95 bits per heavy atom. The summed E-state index contributed by atoms with van der Waals surface area (Å²) in [6.07, 6.45) is 1.65. The van der Waals surface area contributed by atoms with Gasteiger partial charge in [0.1, 0.15) is 0 Å². The quantitative estimate of drug-likeness (QED) is 0.722. The molecule has 0 bridgehead atoms. The predicted molar refractivity (Wildman–Crippen MR) is 87.2 cm³/mol. The molecule has 1 atom stereocenters. The molecule has 0 heterocycles. The van der Waals surface area contributed by atoms with Crippen LogP contribution in [0.3, 0.4) is 0 Å². The van der Waals surface area contributed by atoms with Crippen molar-refractivity contribution in [2.75, 3.05) is 40.1 Å². The van der Waals surface area contributed by atoms with E-state index in [1.807, 2.05) is 24.3 Å². The maximum Gasteiger partial charge on any atom is 0.236 e. The summed E-state index contributed by atoms with van der Waals surface area (Å²) in [5, 5.41) is 3.02. The molecule has 1 amide bonds. The molecule has 21 heavy (non-hydrogen) atoms. The molecule has 1 N–H and O–H groups in total.